The number of nitrogens with zero attached hydrogens (tertiary/aromatic N) is 1. The van der Waals surface area contributed by atoms with E-state index in [0.29, 0.717) is 11.6 Å². The van der Waals surface area contributed by atoms with Crippen molar-refractivity contribution in [1.29, 1.82) is 0 Å². The minimum absolute atomic E-state index is 0.194. The Labute approximate surface area is 126 Å². The van der Waals surface area contributed by atoms with Crippen molar-refractivity contribution in [2.24, 2.45) is 11.3 Å². The van der Waals surface area contributed by atoms with E-state index in [1.54, 1.807) is 13.0 Å². The van der Waals surface area contributed by atoms with Crippen LogP contribution >= 0.6 is 0 Å². The first-order valence-corrected chi connectivity index (χ1v) is 7.63. The molecule has 0 unspecified atom stereocenters. The molecule has 1 aliphatic rings. The fraction of sp³-hybridized carbons (Fsp3) is 0.750. The third-order valence-corrected chi connectivity index (χ3v) is 4.57. The standard InChI is InChI=1S/C16H26N2O3/c1-11-9-13(21-18-11)14(19)17-10-16(20)7-5-12(6-8-16)15(2,3)4/h9,12,20H,5-8,10H2,1-4H3,(H,17,19). The highest BCUT2D eigenvalue weighted by Gasteiger charge is 2.37. The molecule has 1 aromatic rings. The topological polar surface area (TPSA) is 75.4 Å². The van der Waals surface area contributed by atoms with E-state index >= 15 is 0 Å². The van der Waals surface area contributed by atoms with Gasteiger partial charge in [0.25, 0.3) is 5.91 Å². The highest BCUT2D eigenvalue weighted by molar-refractivity contribution is 5.91. The lowest BCUT2D eigenvalue weighted by Gasteiger charge is -2.41. The molecule has 0 bridgehead atoms. The number of amides is 1. The molecule has 1 amide bonds. The zero-order valence-corrected chi connectivity index (χ0v) is 13.4. The van der Waals surface area contributed by atoms with Gasteiger partial charge in [0.2, 0.25) is 5.76 Å². The van der Waals surface area contributed by atoms with Gasteiger partial charge in [0.1, 0.15) is 0 Å². The lowest BCUT2D eigenvalue weighted by Crippen LogP contribution is -2.46. The second kappa shape index (κ2) is 5.79. The maximum Gasteiger partial charge on any atom is 0.290 e. The van der Waals surface area contributed by atoms with Gasteiger partial charge in [-0.05, 0) is 43.9 Å². The summed E-state index contributed by atoms with van der Waals surface area (Å²) in [5.74, 6) is 0.506. The van der Waals surface area contributed by atoms with E-state index in [4.69, 9.17) is 4.52 Å². The molecule has 0 spiro atoms. The summed E-state index contributed by atoms with van der Waals surface area (Å²) in [6.45, 7) is 8.77. The molecule has 5 heteroatoms. The second-order valence-corrected chi connectivity index (χ2v) is 7.38. The molecule has 1 aromatic heterocycles. The van der Waals surface area contributed by atoms with Crippen molar-refractivity contribution >= 4 is 5.91 Å². The number of carbonyl (C=O) groups is 1. The quantitative estimate of drug-likeness (QED) is 0.898. The highest BCUT2D eigenvalue weighted by atomic mass is 16.5. The molecule has 0 radical (unpaired) electrons. The van der Waals surface area contributed by atoms with Crippen LogP contribution in [0.25, 0.3) is 0 Å². The molecular weight excluding hydrogens is 268 g/mol. The lowest BCUT2D eigenvalue weighted by molar-refractivity contribution is -0.0230. The summed E-state index contributed by atoms with van der Waals surface area (Å²) < 4.78 is 4.92. The summed E-state index contributed by atoms with van der Waals surface area (Å²) in [7, 11) is 0. The number of carbonyl (C=O) groups excluding carboxylic acids is 1. The van der Waals surface area contributed by atoms with Gasteiger partial charge in [-0.15, -0.1) is 0 Å². The van der Waals surface area contributed by atoms with E-state index in [0.717, 1.165) is 25.7 Å². The average molecular weight is 294 g/mol. The predicted octanol–water partition coefficient (Wildman–Crippen LogP) is 2.68. The van der Waals surface area contributed by atoms with Crippen LogP contribution < -0.4 is 5.32 Å². The van der Waals surface area contributed by atoms with Gasteiger partial charge >= 0.3 is 0 Å². The van der Waals surface area contributed by atoms with E-state index in [2.05, 4.69) is 31.2 Å². The van der Waals surface area contributed by atoms with Gasteiger partial charge in [-0.25, -0.2) is 0 Å². The van der Waals surface area contributed by atoms with Gasteiger partial charge in [-0.1, -0.05) is 25.9 Å². The van der Waals surface area contributed by atoms with E-state index < -0.39 is 5.60 Å². The fourth-order valence-electron chi connectivity index (χ4n) is 3.00. The zero-order valence-electron chi connectivity index (χ0n) is 13.4. The first-order chi connectivity index (χ1) is 9.70. The number of hydrogen-bond donors (Lipinski definition) is 2. The summed E-state index contributed by atoms with van der Waals surface area (Å²) in [5.41, 5.74) is 0.151. The summed E-state index contributed by atoms with van der Waals surface area (Å²) >= 11 is 0. The van der Waals surface area contributed by atoms with Gasteiger partial charge < -0.3 is 14.9 Å². The number of aliphatic hydroxyl groups is 1. The molecule has 1 fully saturated rings. The van der Waals surface area contributed by atoms with E-state index in [9.17, 15) is 9.90 Å². The minimum atomic E-state index is -0.799. The van der Waals surface area contributed by atoms with Crippen molar-refractivity contribution in [2.75, 3.05) is 6.54 Å². The molecule has 118 valence electrons. The second-order valence-electron chi connectivity index (χ2n) is 7.38. The lowest BCUT2D eigenvalue weighted by atomic mass is 9.68. The molecule has 0 atom stereocenters. The normalized spacial score (nSPS) is 26.6. The maximum atomic E-state index is 11.9. The molecular formula is C16H26N2O3. The molecule has 0 aliphatic heterocycles. The van der Waals surface area contributed by atoms with Crippen LogP contribution in [0.3, 0.4) is 0 Å². The Morgan fingerprint density at radius 2 is 2.10 bits per heavy atom. The fourth-order valence-corrected chi connectivity index (χ4v) is 3.00. The molecule has 21 heavy (non-hydrogen) atoms. The first-order valence-electron chi connectivity index (χ1n) is 7.63. The molecule has 1 heterocycles. The van der Waals surface area contributed by atoms with Crippen LogP contribution in [0, 0.1) is 18.3 Å². The van der Waals surface area contributed by atoms with Crippen LogP contribution in [0.4, 0.5) is 0 Å². The number of rotatable bonds is 3. The third kappa shape index (κ3) is 4.06. The number of hydrogen-bond acceptors (Lipinski definition) is 4. The van der Waals surface area contributed by atoms with Crippen molar-refractivity contribution in [2.45, 2.75) is 59.0 Å². The number of nitrogens with one attached hydrogen (secondary N) is 1. The van der Waals surface area contributed by atoms with Crippen molar-refractivity contribution in [1.82, 2.24) is 10.5 Å². The third-order valence-electron chi connectivity index (χ3n) is 4.57. The van der Waals surface area contributed by atoms with Crippen molar-refractivity contribution in [3.63, 3.8) is 0 Å². The van der Waals surface area contributed by atoms with Gasteiger partial charge in [-0.3, -0.25) is 4.79 Å². The Morgan fingerprint density at radius 1 is 1.48 bits per heavy atom. The molecule has 1 aliphatic carbocycles. The minimum Gasteiger partial charge on any atom is -0.388 e. The highest BCUT2D eigenvalue weighted by Crippen LogP contribution is 2.41. The van der Waals surface area contributed by atoms with E-state index in [1.165, 1.54) is 0 Å². The average Bonchev–Trinajstić information content (AvgIpc) is 2.82. The smallest absolute Gasteiger partial charge is 0.290 e. The Hall–Kier alpha value is -1.36. The molecule has 1 saturated carbocycles. The Bertz CT molecular complexity index is 494. The molecule has 2 rings (SSSR count). The van der Waals surface area contributed by atoms with E-state index in [-0.39, 0.29) is 23.6 Å². The number of aryl methyl sites for hydroxylation is 1. The summed E-state index contributed by atoms with van der Waals surface area (Å²) in [6, 6.07) is 1.59. The van der Waals surface area contributed by atoms with Gasteiger partial charge in [0, 0.05) is 12.6 Å². The van der Waals surface area contributed by atoms with Crippen LogP contribution in [0.2, 0.25) is 0 Å². The Morgan fingerprint density at radius 3 is 2.57 bits per heavy atom. The van der Waals surface area contributed by atoms with Crippen LogP contribution in [0.15, 0.2) is 10.6 Å². The van der Waals surface area contributed by atoms with Crippen LogP contribution in [0.1, 0.15) is 62.7 Å². The molecule has 2 N–H and O–H groups in total. The monoisotopic (exact) mass is 294 g/mol. The van der Waals surface area contributed by atoms with Gasteiger partial charge in [0.05, 0.1) is 11.3 Å². The van der Waals surface area contributed by atoms with Crippen molar-refractivity contribution in [3.8, 4) is 0 Å². The predicted molar refractivity (Wildman–Crippen MR) is 79.9 cm³/mol. The molecule has 0 saturated heterocycles. The van der Waals surface area contributed by atoms with Crippen molar-refractivity contribution < 1.29 is 14.4 Å². The largest absolute Gasteiger partial charge is 0.388 e. The van der Waals surface area contributed by atoms with Gasteiger partial charge in [-0.2, -0.15) is 0 Å². The first kappa shape index (κ1) is 16.0. The summed E-state index contributed by atoms with van der Waals surface area (Å²) in [5, 5.41) is 17.0. The SMILES string of the molecule is Cc1cc(C(=O)NCC2(O)CCC(C(C)(C)C)CC2)on1. The Balaban J connectivity index is 1.85. The van der Waals surface area contributed by atoms with Crippen LogP contribution in [0.5, 0.6) is 0 Å². The Kier molecular flexibility index (Phi) is 4.42. The maximum absolute atomic E-state index is 11.9. The van der Waals surface area contributed by atoms with E-state index in [1.807, 2.05) is 0 Å². The molecule has 0 aromatic carbocycles. The number of aromatic nitrogens is 1. The summed E-state index contributed by atoms with van der Waals surface area (Å²) in [6.07, 6.45) is 3.45. The summed E-state index contributed by atoms with van der Waals surface area (Å²) in [4.78, 5) is 11.9. The van der Waals surface area contributed by atoms with Gasteiger partial charge in [0.15, 0.2) is 0 Å². The van der Waals surface area contributed by atoms with Crippen LogP contribution in [-0.4, -0.2) is 28.3 Å². The zero-order chi connectivity index (χ0) is 15.7. The van der Waals surface area contributed by atoms with Crippen molar-refractivity contribution in [3.05, 3.63) is 17.5 Å². The van der Waals surface area contributed by atoms with Crippen LogP contribution in [-0.2, 0) is 0 Å². The molecule has 5 nitrogen and oxygen atoms in total.